The average Bonchev–Trinajstić information content (AvgIpc) is 2.92. The summed E-state index contributed by atoms with van der Waals surface area (Å²) in [4.78, 5) is 0. The first-order valence-corrected chi connectivity index (χ1v) is 8.48. The predicted octanol–water partition coefficient (Wildman–Crippen LogP) is 4.14. The SMILES string of the molecule is c1ccc2c(c1)CSCC2NCCC1CCCC1. The van der Waals surface area contributed by atoms with E-state index in [1.54, 1.807) is 5.56 Å². The second kappa shape index (κ2) is 6.12. The fourth-order valence-electron chi connectivity index (χ4n) is 3.31. The standard InChI is InChI=1S/C16H23NS/c1-2-6-13(5-1)9-10-17-16-12-18-11-14-7-3-4-8-15(14)16/h3-4,7-8,13,16-17H,1-2,5-6,9-12H2. The molecule has 1 aliphatic carbocycles. The van der Waals surface area contributed by atoms with Crippen molar-refractivity contribution in [1.82, 2.24) is 5.32 Å². The van der Waals surface area contributed by atoms with Crippen LogP contribution < -0.4 is 5.32 Å². The quantitative estimate of drug-likeness (QED) is 0.874. The summed E-state index contributed by atoms with van der Waals surface area (Å²) >= 11 is 2.07. The van der Waals surface area contributed by atoms with Gasteiger partial charge in [0.15, 0.2) is 0 Å². The molecule has 0 bridgehead atoms. The lowest BCUT2D eigenvalue weighted by molar-refractivity contribution is 0.455. The van der Waals surface area contributed by atoms with Crippen molar-refractivity contribution in [3.05, 3.63) is 35.4 Å². The van der Waals surface area contributed by atoms with Crippen LogP contribution in [0.5, 0.6) is 0 Å². The molecule has 1 unspecified atom stereocenters. The van der Waals surface area contributed by atoms with Gasteiger partial charge in [0.25, 0.3) is 0 Å². The third-order valence-electron chi connectivity index (χ3n) is 4.39. The molecule has 1 heterocycles. The lowest BCUT2D eigenvalue weighted by Gasteiger charge is -2.26. The third-order valence-corrected chi connectivity index (χ3v) is 5.47. The smallest absolute Gasteiger partial charge is 0.0415 e. The van der Waals surface area contributed by atoms with Crippen LogP contribution in [0.25, 0.3) is 0 Å². The molecule has 1 aliphatic heterocycles. The van der Waals surface area contributed by atoms with Crippen LogP contribution in [0.15, 0.2) is 24.3 Å². The van der Waals surface area contributed by atoms with Crippen molar-refractivity contribution in [1.29, 1.82) is 0 Å². The highest BCUT2D eigenvalue weighted by Crippen LogP contribution is 2.32. The minimum absolute atomic E-state index is 0.585. The number of hydrogen-bond acceptors (Lipinski definition) is 2. The largest absolute Gasteiger partial charge is 0.309 e. The first-order chi connectivity index (χ1) is 8.93. The highest BCUT2D eigenvalue weighted by atomic mass is 32.2. The maximum Gasteiger partial charge on any atom is 0.0415 e. The summed E-state index contributed by atoms with van der Waals surface area (Å²) in [6, 6.07) is 9.53. The molecule has 0 amide bonds. The van der Waals surface area contributed by atoms with Gasteiger partial charge in [-0.2, -0.15) is 11.8 Å². The Morgan fingerprint density at radius 1 is 1.17 bits per heavy atom. The van der Waals surface area contributed by atoms with Crippen LogP contribution in [0.2, 0.25) is 0 Å². The summed E-state index contributed by atoms with van der Waals surface area (Å²) in [5.41, 5.74) is 3.08. The Labute approximate surface area is 115 Å². The third kappa shape index (κ3) is 2.92. The zero-order chi connectivity index (χ0) is 12.2. The van der Waals surface area contributed by atoms with E-state index < -0.39 is 0 Å². The van der Waals surface area contributed by atoms with Crippen molar-refractivity contribution in [2.24, 2.45) is 5.92 Å². The molecule has 2 heteroatoms. The lowest BCUT2D eigenvalue weighted by Crippen LogP contribution is -2.28. The van der Waals surface area contributed by atoms with Gasteiger partial charge >= 0.3 is 0 Å². The van der Waals surface area contributed by atoms with Crippen molar-refractivity contribution in [2.75, 3.05) is 12.3 Å². The molecule has 18 heavy (non-hydrogen) atoms. The predicted molar refractivity (Wildman–Crippen MR) is 79.9 cm³/mol. The van der Waals surface area contributed by atoms with Crippen molar-refractivity contribution < 1.29 is 0 Å². The Hall–Kier alpha value is -0.470. The van der Waals surface area contributed by atoms with Crippen LogP contribution in [-0.4, -0.2) is 12.3 Å². The van der Waals surface area contributed by atoms with Crippen LogP contribution in [-0.2, 0) is 5.75 Å². The van der Waals surface area contributed by atoms with E-state index in [4.69, 9.17) is 0 Å². The minimum atomic E-state index is 0.585. The van der Waals surface area contributed by atoms with Crippen LogP contribution in [0.1, 0.15) is 49.3 Å². The number of nitrogens with one attached hydrogen (secondary N) is 1. The highest BCUT2D eigenvalue weighted by Gasteiger charge is 2.20. The van der Waals surface area contributed by atoms with E-state index in [9.17, 15) is 0 Å². The zero-order valence-corrected chi connectivity index (χ0v) is 11.8. The maximum absolute atomic E-state index is 3.78. The molecule has 0 radical (unpaired) electrons. The molecule has 1 aromatic rings. The molecule has 1 N–H and O–H groups in total. The zero-order valence-electron chi connectivity index (χ0n) is 11.0. The minimum Gasteiger partial charge on any atom is -0.309 e. The number of rotatable bonds is 4. The molecule has 98 valence electrons. The van der Waals surface area contributed by atoms with E-state index in [2.05, 4.69) is 41.3 Å². The summed E-state index contributed by atoms with van der Waals surface area (Å²) in [6.07, 6.45) is 7.25. The van der Waals surface area contributed by atoms with E-state index in [0.29, 0.717) is 6.04 Å². The van der Waals surface area contributed by atoms with Gasteiger partial charge in [0.05, 0.1) is 0 Å². The van der Waals surface area contributed by atoms with Gasteiger partial charge in [0.1, 0.15) is 0 Å². The monoisotopic (exact) mass is 261 g/mol. The van der Waals surface area contributed by atoms with Gasteiger partial charge in [-0.3, -0.25) is 0 Å². The Balaban J connectivity index is 1.54. The molecule has 2 aliphatic rings. The highest BCUT2D eigenvalue weighted by molar-refractivity contribution is 7.98. The van der Waals surface area contributed by atoms with Crippen LogP contribution >= 0.6 is 11.8 Å². The average molecular weight is 261 g/mol. The normalized spacial score (nSPS) is 24.1. The van der Waals surface area contributed by atoms with Gasteiger partial charge in [0, 0.05) is 17.5 Å². The molecule has 1 atom stereocenters. The van der Waals surface area contributed by atoms with E-state index in [1.165, 1.54) is 55.7 Å². The second-order valence-electron chi connectivity index (χ2n) is 5.66. The van der Waals surface area contributed by atoms with E-state index in [1.807, 2.05) is 0 Å². The Morgan fingerprint density at radius 2 is 2.00 bits per heavy atom. The molecule has 0 spiro atoms. The number of thioether (sulfide) groups is 1. The van der Waals surface area contributed by atoms with E-state index in [0.717, 1.165) is 5.92 Å². The van der Waals surface area contributed by atoms with Gasteiger partial charge in [-0.1, -0.05) is 49.9 Å². The Morgan fingerprint density at radius 3 is 2.89 bits per heavy atom. The summed E-state index contributed by atoms with van der Waals surface area (Å²) in [6.45, 7) is 1.20. The summed E-state index contributed by atoms with van der Waals surface area (Å²) in [7, 11) is 0. The van der Waals surface area contributed by atoms with Crippen LogP contribution in [0.3, 0.4) is 0 Å². The Kier molecular flexibility index (Phi) is 4.27. The number of fused-ring (bicyclic) bond motifs is 1. The van der Waals surface area contributed by atoms with Gasteiger partial charge in [-0.15, -0.1) is 0 Å². The van der Waals surface area contributed by atoms with Crippen molar-refractivity contribution in [3.63, 3.8) is 0 Å². The van der Waals surface area contributed by atoms with Crippen molar-refractivity contribution in [3.8, 4) is 0 Å². The van der Waals surface area contributed by atoms with E-state index in [-0.39, 0.29) is 0 Å². The second-order valence-corrected chi connectivity index (χ2v) is 6.69. The van der Waals surface area contributed by atoms with Gasteiger partial charge in [-0.05, 0) is 30.0 Å². The molecule has 1 fully saturated rings. The van der Waals surface area contributed by atoms with E-state index >= 15 is 0 Å². The first-order valence-electron chi connectivity index (χ1n) is 7.32. The molecular weight excluding hydrogens is 238 g/mol. The summed E-state index contributed by atoms with van der Waals surface area (Å²) < 4.78 is 0. The molecule has 1 nitrogen and oxygen atoms in total. The van der Waals surface area contributed by atoms with Gasteiger partial charge < -0.3 is 5.32 Å². The van der Waals surface area contributed by atoms with Gasteiger partial charge in [-0.25, -0.2) is 0 Å². The molecule has 1 aromatic carbocycles. The maximum atomic E-state index is 3.78. The number of benzene rings is 1. The molecule has 1 saturated carbocycles. The molecule has 3 rings (SSSR count). The first kappa shape index (κ1) is 12.6. The van der Waals surface area contributed by atoms with Gasteiger partial charge in [0.2, 0.25) is 0 Å². The lowest BCUT2D eigenvalue weighted by atomic mass is 10.0. The summed E-state index contributed by atoms with van der Waals surface area (Å²) in [5, 5.41) is 3.78. The van der Waals surface area contributed by atoms with Crippen LogP contribution in [0.4, 0.5) is 0 Å². The van der Waals surface area contributed by atoms with Crippen molar-refractivity contribution in [2.45, 2.75) is 43.9 Å². The molecule has 0 saturated heterocycles. The summed E-state index contributed by atoms with van der Waals surface area (Å²) in [5.74, 6) is 3.43. The Bertz CT molecular complexity index is 384. The topological polar surface area (TPSA) is 12.0 Å². The molecule has 0 aromatic heterocycles. The fraction of sp³-hybridized carbons (Fsp3) is 0.625. The van der Waals surface area contributed by atoms with Crippen molar-refractivity contribution >= 4 is 11.8 Å². The molecular formula is C16H23NS. The fourth-order valence-corrected chi connectivity index (χ4v) is 4.45. The number of hydrogen-bond donors (Lipinski definition) is 1. The van der Waals surface area contributed by atoms with Crippen LogP contribution in [0, 0.1) is 5.92 Å².